The zero-order valence-electron chi connectivity index (χ0n) is 15.5. The van der Waals surface area contributed by atoms with Crippen molar-refractivity contribution in [3.05, 3.63) is 65.2 Å². The summed E-state index contributed by atoms with van der Waals surface area (Å²) in [5, 5.41) is 13.5. The van der Waals surface area contributed by atoms with Crippen molar-refractivity contribution in [1.29, 1.82) is 0 Å². The molecule has 0 aliphatic heterocycles. The van der Waals surface area contributed by atoms with Gasteiger partial charge in [0.15, 0.2) is 10.8 Å². The smallest absolute Gasteiger partial charge is 0.234 e. The third-order valence-corrected chi connectivity index (χ3v) is 5.57. The third kappa shape index (κ3) is 3.28. The van der Waals surface area contributed by atoms with Crippen LogP contribution in [0.15, 0.2) is 53.7 Å². The van der Waals surface area contributed by atoms with Crippen molar-refractivity contribution in [1.82, 2.24) is 14.6 Å². The van der Waals surface area contributed by atoms with E-state index in [-0.39, 0.29) is 11.7 Å². The Morgan fingerprint density at radius 3 is 2.59 bits per heavy atom. The molecule has 0 saturated carbocycles. The van der Waals surface area contributed by atoms with E-state index < -0.39 is 0 Å². The molecule has 0 aliphatic rings. The Balaban J connectivity index is 1.63. The summed E-state index contributed by atoms with van der Waals surface area (Å²) in [6.45, 7) is 6.14. The van der Waals surface area contributed by atoms with Gasteiger partial charge in [0.1, 0.15) is 0 Å². The van der Waals surface area contributed by atoms with Gasteiger partial charge in [-0.1, -0.05) is 48.2 Å². The fourth-order valence-corrected chi connectivity index (χ4v) is 4.00. The maximum absolute atomic E-state index is 12.4. The number of nitrogens with one attached hydrogen (secondary N) is 1. The van der Waals surface area contributed by atoms with E-state index in [4.69, 9.17) is 0 Å². The number of para-hydroxylation sites is 2. The van der Waals surface area contributed by atoms with E-state index in [1.807, 2.05) is 41.7 Å². The Bertz CT molecular complexity index is 1170. The van der Waals surface area contributed by atoms with Crippen molar-refractivity contribution in [2.75, 3.05) is 11.1 Å². The predicted octanol–water partition coefficient (Wildman–Crippen LogP) is 4.54. The molecular formula is C21H20N4OS. The number of hydrogen-bond donors (Lipinski definition) is 1. The van der Waals surface area contributed by atoms with Gasteiger partial charge in [0.25, 0.3) is 0 Å². The zero-order chi connectivity index (χ0) is 19.0. The van der Waals surface area contributed by atoms with Crippen molar-refractivity contribution in [2.24, 2.45) is 0 Å². The molecule has 2 aromatic carbocycles. The summed E-state index contributed by atoms with van der Waals surface area (Å²) < 4.78 is 2.05. The van der Waals surface area contributed by atoms with Crippen LogP contribution in [0.2, 0.25) is 0 Å². The van der Waals surface area contributed by atoms with E-state index in [1.54, 1.807) is 0 Å². The maximum Gasteiger partial charge on any atom is 0.234 e. The molecule has 2 aromatic heterocycles. The monoisotopic (exact) mass is 376 g/mol. The first kappa shape index (κ1) is 17.5. The van der Waals surface area contributed by atoms with Crippen molar-refractivity contribution < 1.29 is 4.79 Å². The van der Waals surface area contributed by atoms with E-state index in [0.29, 0.717) is 0 Å². The molecule has 2 heterocycles. The standard InChI is InChI=1S/C21H20N4OS/c1-13-7-4-5-10-17(13)22-19(26)12-27-21-24-23-18-11-15(3)16-9-6-8-14(2)20(16)25(18)21/h4-11H,12H2,1-3H3,(H,22,26). The number of nitrogens with zero attached hydrogens (tertiary/aromatic N) is 3. The van der Waals surface area contributed by atoms with Gasteiger partial charge in [0.05, 0.1) is 11.3 Å². The summed E-state index contributed by atoms with van der Waals surface area (Å²) in [7, 11) is 0. The summed E-state index contributed by atoms with van der Waals surface area (Å²) in [4.78, 5) is 12.4. The third-order valence-electron chi connectivity index (χ3n) is 4.64. The van der Waals surface area contributed by atoms with Gasteiger partial charge < -0.3 is 5.32 Å². The van der Waals surface area contributed by atoms with Crippen LogP contribution in [-0.2, 0) is 4.79 Å². The van der Waals surface area contributed by atoms with Crippen LogP contribution in [0.4, 0.5) is 5.69 Å². The van der Waals surface area contributed by atoms with Crippen LogP contribution in [0.3, 0.4) is 0 Å². The molecule has 5 nitrogen and oxygen atoms in total. The highest BCUT2D eigenvalue weighted by atomic mass is 32.2. The number of carbonyl (C=O) groups excluding carboxylic acids is 1. The predicted molar refractivity (Wildman–Crippen MR) is 110 cm³/mol. The Kier molecular flexibility index (Phi) is 4.58. The highest BCUT2D eigenvalue weighted by Crippen LogP contribution is 2.28. The van der Waals surface area contributed by atoms with Crippen molar-refractivity contribution in [3.63, 3.8) is 0 Å². The lowest BCUT2D eigenvalue weighted by atomic mass is 10.1. The van der Waals surface area contributed by atoms with Gasteiger partial charge in [-0.2, -0.15) is 0 Å². The normalized spacial score (nSPS) is 11.2. The van der Waals surface area contributed by atoms with E-state index >= 15 is 0 Å². The second kappa shape index (κ2) is 7.04. The van der Waals surface area contributed by atoms with Gasteiger partial charge >= 0.3 is 0 Å². The van der Waals surface area contributed by atoms with Gasteiger partial charge in [-0.05, 0) is 49.6 Å². The largest absolute Gasteiger partial charge is 0.325 e. The lowest BCUT2D eigenvalue weighted by molar-refractivity contribution is -0.113. The first-order valence-corrected chi connectivity index (χ1v) is 9.75. The Labute approximate surface area is 161 Å². The highest BCUT2D eigenvalue weighted by molar-refractivity contribution is 7.99. The molecule has 0 atom stereocenters. The average molecular weight is 376 g/mol. The number of hydrogen-bond acceptors (Lipinski definition) is 4. The summed E-state index contributed by atoms with van der Waals surface area (Å²) in [6, 6.07) is 16.0. The Morgan fingerprint density at radius 2 is 1.78 bits per heavy atom. The van der Waals surface area contributed by atoms with E-state index in [9.17, 15) is 4.79 Å². The van der Waals surface area contributed by atoms with Crippen LogP contribution in [-0.4, -0.2) is 26.3 Å². The van der Waals surface area contributed by atoms with E-state index in [1.165, 1.54) is 22.7 Å². The van der Waals surface area contributed by atoms with Crippen LogP contribution < -0.4 is 5.32 Å². The second-order valence-electron chi connectivity index (χ2n) is 6.63. The van der Waals surface area contributed by atoms with Crippen LogP contribution in [0, 0.1) is 20.8 Å². The van der Waals surface area contributed by atoms with Gasteiger partial charge in [0.2, 0.25) is 5.91 Å². The first-order valence-electron chi connectivity index (χ1n) is 8.77. The van der Waals surface area contributed by atoms with Crippen LogP contribution in [0.25, 0.3) is 16.6 Å². The molecule has 0 unspecified atom stereocenters. The molecular weight excluding hydrogens is 356 g/mol. The summed E-state index contributed by atoms with van der Waals surface area (Å²) in [6.07, 6.45) is 0. The number of fused-ring (bicyclic) bond motifs is 3. The Morgan fingerprint density at radius 1 is 1.00 bits per heavy atom. The van der Waals surface area contributed by atoms with E-state index in [2.05, 4.69) is 47.6 Å². The fourth-order valence-electron chi connectivity index (χ4n) is 3.25. The minimum Gasteiger partial charge on any atom is -0.325 e. The van der Waals surface area contributed by atoms with Gasteiger partial charge in [-0.15, -0.1) is 10.2 Å². The van der Waals surface area contributed by atoms with Crippen molar-refractivity contribution in [3.8, 4) is 0 Å². The Hall–Kier alpha value is -2.86. The maximum atomic E-state index is 12.4. The van der Waals surface area contributed by atoms with Gasteiger partial charge in [-0.3, -0.25) is 9.20 Å². The summed E-state index contributed by atoms with van der Waals surface area (Å²) >= 11 is 1.40. The topological polar surface area (TPSA) is 59.3 Å². The molecule has 0 aliphatic carbocycles. The minimum absolute atomic E-state index is 0.0563. The number of benzene rings is 2. The molecule has 6 heteroatoms. The molecule has 4 rings (SSSR count). The number of pyridine rings is 1. The molecule has 136 valence electrons. The van der Waals surface area contributed by atoms with Crippen LogP contribution >= 0.6 is 11.8 Å². The molecule has 4 aromatic rings. The molecule has 27 heavy (non-hydrogen) atoms. The number of carbonyl (C=O) groups is 1. The van der Waals surface area contributed by atoms with Crippen LogP contribution in [0.1, 0.15) is 16.7 Å². The molecule has 1 amide bonds. The number of anilines is 1. The number of rotatable bonds is 4. The SMILES string of the molecule is Cc1ccccc1NC(=O)CSc1nnc2cc(C)c3cccc(C)c3n12. The summed E-state index contributed by atoms with van der Waals surface area (Å²) in [5.41, 5.74) is 6.11. The van der Waals surface area contributed by atoms with Crippen molar-refractivity contribution >= 4 is 39.9 Å². The molecule has 0 spiro atoms. The quantitative estimate of drug-likeness (QED) is 0.531. The second-order valence-corrected chi connectivity index (χ2v) is 7.57. The van der Waals surface area contributed by atoms with Gasteiger partial charge in [0, 0.05) is 11.1 Å². The van der Waals surface area contributed by atoms with E-state index in [0.717, 1.165) is 33.1 Å². The van der Waals surface area contributed by atoms with Crippen molar-refractivity contribution in [2.45, 2.75) is 25.9 Å². The van der Waals surface area contributed by atoms with Crippen LogP contribution in [0.5, 0.6) is 0 Å². The first-order chi connectivity index (χ1) is 13.0. The zero-order valence-corrected chi connectivity index (χ0v) is 16.3. The van der Waals surface area contributed by atoms with Gasteiger partial charge in [-0.25, -0.2) is 0 Å². The minimum atomic E-state index is -0.0563. The molecule has 0 bridgehead atoms. The molecule has 1 N–H and O–H groups in total. The number of amides is 1. The summed E-state index contributed by atoms with van der Waals surface area (Å²) in [5.74, 6) is 0.218. The molecule has 0 radical (unpaired) electrons. The molecule has 0 fully saturated rings. The number of aryl methyl sites for hydroxylation is 3. The highest BCUT2D eigenvalue weighted by Gasteiger charge is 2.14. The number of aromatic nitrogens is 3. The lowest BCUT2D eigenvalue weighted by Gasteiger charge is -2.10. The lowest BCUT2D eigenvalue weighted by Crippen LogP contribution is -2.15. The average Bonchev–Trinajstić information content (AvgIpc) is 3.05. The molecule has 0 saturated heterocycles. The fraction of sp³-hybridized carbons (Fsp3) is 0.190. The number of thioether (sulfide) groups is 1.